The van der Waals surface area contributed by atoms with Crippen LogP contribution in [0.2, 0.25) is 0 Å². The van der Waals surface area contributed by atoms with Gasteiger partial charge in [-0.3, -0.25) is 9.58 Å². The molecule has 5 heterocycles. The van der Waals surface area contributed by atoms with Crippen LogP contribution in [0.3, 0.4) is 0 Å². The van der Waals surface area contributed by atoms with Crippen molar-refractivity contribution in [2.75, 3.05) is 26.2 Å². The van der Waals surface area contributed by atoms with Crippen molar-refractivity contribution in [3.8, 4) is 23.2 Å². The lowest BCUT2D eigenvalue weighted by Gasteiger charge is -2.53. The van der Waals surface area contributed by atoms with E-state index < -0.39 is 17.5 Å². The molecule has 0 radical (unpaired) electrons. The maximum atomic E-state index is 13.4. The van der Waals surface area contributed by atoms with Crippen molar-refractivity contribution in [1.29, 1.82) is 5.26 Å². The number of H-pyrrole nitrogens is 1. The first-order chi connectivity index (χ1) is 20.8. The van der Waals surface area contributed by atoms with Gasteiger partial charge >= 0.3 is 6.18 Å². The number of hydrogen-bond acceptors (Lipinski definition) is 10. The molecule has 6 rings (SSSR count). The highest BCUT2D eigenvalue weighted by Crippen LogP contribution is 2.39. The molecule has 15 heteroatoms. The molecule has 226 valence electrons. The molecule has 0 bridgehead atoms. The summed E-state index contributed by atoms with van der Waals surface area (Å²) in [6.07, 6.45) is 5.36. The second-order valence-corrected chi connectivity index (χ2v) is 11.1. The smallest absolute Gasteiger partial charge is 0.451 e. The van der Waals surface area contributed by atoms with Crippen LogP contribution in [0.5, 0.6) is 5.88 Å². The highest BCUT2D eigenvalue weighted by Gasteiger charge is 2.48. The van der Waals surface area contributed by atoms with Crippen LogP contribution >= 0.6 is 0 Å². The lowest BCUT2D eigenvalue weighted by molar-refractivity contribution is -0.145. The normalized spacial score (nSPS) is 20.5. The van der Waals surface area contributed by atoms with Crippen LogP contribution in [-0.2, 0) is 18.3 Å². The molecule has 2 aliphatic rings. The Morgan fingerprint density at radius 1 is 1.19 bits per heavy atom. The van der Waals surface area contributed by atoms with Crippen LogP contribution in [-0.4, -0.2) is 83.1 Å². The van der Waals surface area contributed by atoms with Crippen LogP contribution in [0.15, 0.2) is 37.1 Å². The predicted octanol–water partition coefficient (Wildman–Crippen LogP) is 3.03. The Morgan fingerprint density at radius 2 is 2.00 bits per heavy atom. The molecule has 12 nitrogen and oxygen atoms in total. The number of nitrogens with zero attached hydrogens (tertiary/aromatic N) is 8. The summed E-state index contributed by atoms with van der Waals surface area (Å²) >= 11 is 0. The first-order valence-electron chi connectivity index (χ1n) is 14.2. The number of nitriles is 1. The average Bonchev–Trinajstić information content (AvgIpc) is 3.65. The molecule has 0 unspecified atom stereocenters. The number of alkyl halides is 3. The van der Waals surface area contributed by atoms with Crippen LogP contribution in [0, 0.1) is 11.3 Å². The van der Waals surface area contributed by atoms with E-state index in [2.05, 4.69) is 46.3 Å². The Bertz CT molecular complexity index is 1600. The van der Waals surface area contributed by atoms with Crippen molar-refractivity contribution < 1.29 is 23.0 Å². The van der Waals surface area contributed by atoms with Gasteiger partial charge in [0.1, 0.15) is 23.6 Å². The number of rotatable bonds is 10. The number of fused-ring (bicyclic) bond motifs is 1. The number of likely N-dealkylation sites (tertiary alicyclic amines) is 1. The Labute approximate surface area is 244 Å². The molecule has 4 aromatic rings. The first-order valence-corrected chi connectivity index (χ1v) is 14.2. The number of aliphatic hydroxyl groups is 1. The van der Waals surface area contributed by atoms with E-state index in [0.717, 1.165) is 35.1 Å². The third kappa shape index (κ3) is 6.03. The van der Waals surface area contributed by atoms with E-state index >= 15 is 0 Å². The van der Waals surface area contributed by atoms with E-state index in [1.165, 1.54) is 12.4 Å². The zero-order valence-electron chi connectivity index (χ0n) is 23.3. The second kappa shape index (κ2) is 11.9. The Hall–Kier alpha value is -4.13. The average molecular weight is 597 g/mol. The van der Waals surface area contributed by atoms with Gasteiger partial charge in [-0.15, -0.1) is 0 Å². The van der Waals surface area contributed by atoms with Gasteiger partial charge in [0.15, 0.2) is 0 Å². The van der Waals surface area contributed by atoms with Gasteiger partial charge in [0.05, 0.1) is 36.7 Å². The summed E-state index contributed by atoms with van der Waals surface area (Å²) in [5.74, 6) is -1.34. The van der Waals surface area contributed by atoms with Gasteiger partial charge < -0.3 is 20.1 Å². The summed E-state index contributed by atoms with van der Waals surface area (Å²) in [6, 6.07) is 5.94. The largest absolute Gasteiger partial charge is 0.474 e. The van der Waals surface area contributed by atoms with Gasteiger partial charge in [-0.25, -0.2) is 15.0 Å². The van der Waals surface area contributed by atoms with Crippen molar-refractivity contribution >= 4 is 11.0 Å². The summed E-state index contributed by atoms with van der Waals surface area (Å²) in [4.78, 5) is 21.4. The number of aliphatic hydroxyl groups excluding tert-OH is 1. The first kappa shape index (κ1) is 29.0. The van der Waals surface area contributed by atoms with Gasteiger partial charge in [0.25, 0.3) is 0 Å². The predicted molar refractivity (Wildman–Crippen MR) is 147 cm³/mol. The van der Waals surface area contributed by atoms with E-state index in [-0.39, 0.29) is 43.4 Å². The molecule has 1 aliphatic heterocycles. The zero-order valence-corrected chi connectivity index (χ0v) is 23.3. The van der Waals surface area contributed by atoms with Crippen LogP contribution in [0.25, 0.3) is 22.3 Å². The minimum absolute atomic E-state index is 0.0575. The summed E-state index contributed by atoms with van der Waals surface area (Å²) in [5.41, 5.74) is 2.08. The molecule has 1 saturated heterocycles. The number of halogens is 3. The van der Waals surface area contributed by atoms with Gasteiger partial charge in [-0.05, 0) is 31.7 Å². The molecule has 43 heavy (non-hydrogen) atoms. The number of ether oxygens (including phenoxy) is 1. The number of aromatic nitrogens is 7. The summed E-state index contributed by atoms with van der Waals surface area (Å²) < 4.78 is 48.0. The molecule has 1 saturated carbocycles. The monoisotopic (exact) mass is 596 g/mol. The highest BCUT2D eigenvalue weighted by atomic mass is 19.4. The third-order valence-corrected chi connectivity index (χ3v) is 8.15. The number of aromatic amines is 1. The number of hydrogen-bond donors (Lipinski definition) is 3. The lowest BCUT2D eigenvalue weighted by Crippen LogP contribution is -2.65. The van der Waals surface area contributed by atoms with E-state index in [1.807, 2.05) is 23.1 Å². The number of nitrogens with one attached hydrogen (secondary N) is 2. The molecule has 3 N–H and O–H groups in total. The SMILES string of the molecule is N#CCC1(n2cc(-c3ncnc4[nH]ccc34)cn2)CN(C2CCC(Oc3cc(CNCCO)nc(C(F)(F)F)n3)CC2)C1. The van der Waals surface area contributed by atoms with Crippen LogP contribution in [0.1, 0.15) is 43.6 Å². The van der Waals surface area contributed by atoms with E-state index in [0.29, 0.717) is 32.4 Å². The maximum absolute atomic E-state index is 13.4. The summed E-state index contributed by atoms with van der Waals surface area (Å²) in [6.45, 7) is 1.50. The zero-order chi connectivity index (χ0) is 30.0. The lowest BCUT2D eigenvalue weighted by atomic mass is 9.82. The van der Waals surface area contributed by atoms with Gasteiger partial charge in [0, 0.05) is 61.6 Å². The molecule has 0 aromatic carbocycles. The molecule has 0 atom stereocenters. The van der Waals surface area contributed by atoms with E-state index in [9.17, 15) is 18.4 Å². The topological polar surface area (TPSA) is 154 Å². The van der Waals surface area contributed by atoms with Gasteiger partial charge in [-0.2, -0.15) is 28.5 Å². The fraction of sp³-hybridized carbons (Fsp3) is 0.500. The van der Waals surface area contributed by atoms with E-state index in [1.54, 1.807) is 6.20 Å². The quantitative estimate of drug-likeness (QED) is 0.233. The Morgan fingerprint density at radius 3 is 2.74 bits per heavy atom. The highest BCUT2D eigenvalue weighted by molar-refractivity contribution is 5.90. The fourth-order valence-corrected chi connectivity index (χ4v) is 6.00. The van der Waals surface area contributed by atoms with Crippen molar-refractivity contribution in [2.24, 2.45) is 0 Å². The summed E-state index contributed by atoms with van der Waals surface area (Å²) in [5, 5.41) is 26.9. The van der Waals surface area contributed by atoms with Gasteiger partial charge in [0.2, 0.25) is 11.7 Å². The Kier molecular flexibility index (Phi) is 7.99. The molecule has 4 aromatic heterocycles. The molecule has 0 amide bonds. The molecule has 1 aliphatic carbocycles. The third-order valence-electron chi connectivity index (χ3n) is 8.15. The van der Waals surface area contributed by atoms with Crippen LogP contribution in [0.4, 0.5) is 13.2 Å². The minimum atomic E-state index is -4.70. The van der Waals surface area contributed by atoms with Gasteiger partial charge in [-0.1, -0.05) is 0 Å². The molecular formula is C28H31F3N10O2. The summed E-state index contributed by atoms with van der Waals surface area (Å²) in [7, 11) is 0. The minimum Gasteiger partial charge on any atom is -0.474 e. The van der Waals surface area contributed by atoms with Crippen molar-refractivity contribution in [2.45, 2.75) is 62.5 Å². The second-order valence-electron chi connectivity index (χ2n) is 11.1. The van der Waals surface area contributed by atoms with E-state index in [4.69, 9.17) is 9.84 Å². The van der Waals surface area contributed by atoms with Crippen molar-refractivity contribution in [1.82, 2.24) is 44.9 Å². The standard InChI is InChI=1S/C28H31F3N10O2/c29-28(30,31)26-38-19(13-33-9-10-42)11-23(39-26)43-21-3-1-20(2-4-21)40-15-27(16-40,6-7-32)41-14-18(12-37-41)24-22-5-8-34-25(22)36-17-35-24/h5,8,11-12,14,17,20-21,33,42H,1-4,6,9-10,13,15-16H2,(H,34,35,36). The van der Waals surface area contributed by atoms with Crippen molar-refractivity contribution in [3.05, 3.63) is 48.6 Å². The molecular weight excluding hydrogens is 565 g/mol. The molecule has 0 spiro atoms. The Balaban J connectivity index is 1.08. The van der Waals surface area contributed by atoms with Crippen LogP contribution < -0.4 is 10.1 Å². The van der Waals surface area contributed by atoms with Crippen molar-refractivity contribution in [3.63, 3.8) is 0 Å². The molecule has 2 fully saturated rings. The fourth-order valence-electron chi connectivity index (χ4n) is 6.00. The maximum Gasteiger partial charge on any atom is 0.451 e.